The summed E-state index contributed by atoms with van der Waals surface area (Å²) >= 11 is 0. The van der Waals surface area contributed by atoms with Crippen LogP contribution in [0.3, 0.4) is 0 Å². The summed E-state index contributed by atoms with van der Waals surface area (Å²) < 4.78 is 4.88. The lowest BCUT2D eigenvalue weighted by Crippen LogP contribution is -2.27. The van der Waals surface area contributed by atoms with Crippen LogP contribution in [0.1, 0.15) is 18.0 Å². The quantitative estimate of drug-likeness (QED) is 0.381. The van der Waals surface area contributed by atoms with E-state index < -0.39 is 0 Å². The molecule has 1 atom stereocenters. The molecule has 0 saturated carbocycles. The summed E-state index contributed by atoms with van der Waals surface area (Å²) in [5.41, 5.74) is 3.58. The monoisotopic (exact) mass is 150 g/mol. The summed E-state index contributed by atoms with van der Waals surface area (Å²) in [6, 6.07) is 1.83. The maximum absolute atomic E-state index is 5.26. The second-order valence-corrected chi connectivity index (χ2v) is 2.18. The molecule has 1 heterocycles. The molecule has 11 heavy (non-hydrogen) atoms. The van der Waals surface area contributed by atoms with Gasteiger partial charge in [0.05, 0.1) is 18.6 Å². The third kappa shape index (κ3) is 1.84. The first-order chi connectivity index (χ1) is 5.38. The van der Waals surface area contributed by atoms with Crippen molar-refractivity contribution in [2.24, 2.45) is 5.84 Å². The Hall–Kier alpha value is -1.24. The SMILES string of the molecule is C#CCC(NN)c1ccoc1. The van der Waals surface area contributed by atoms with Gasteiger partial charge in [0.15, 0.2) is 0 Å². The molecule has 0 bridgehead atoms. The van der Waals surface area contributed by atoms with E-state index in [0.717, 1.165) is 5.56 Å². The molecule has 3 nitrogen and oxygen atoms in total. The number of rotatable bonds is 3. The van der Waals surface area contributed by atoms with Crippen molar-refractivity contribution in [1.29, 1.82) is 0 Å². The van der Waals surface area contributed by atoms with E-state index in [4.69, 9.17) is 16.7 Å². The van der Waals surface area contributed by atoms with Gasteiger partial charge in [-0.25, -0.2) is 0 Å². The molecule has 3 heteroatoms. The predicted octanol–water partition coefficient (Wildman–Crippen LogP) is 0.807. The molecule has 1 rings (SSSR count). The van der Waals surface area contributed by atoms with Gasteiger partial charge in [-0.3, -0.25) is 11.3 Å². The predicted molar refractivity (Wildman–Crippen MR) is 42.2 cm³/mol. The van der Waals surface area contributed by atoms with Gasteiger partial charge in [-0.15, -0.1) is 12.3 Å². The lowest BCUT2D eigenvalue weighted by Gasteiger charge is -2.08. The number of hydrogen-bond donors (Lipinski definition) is 2. The topological polar surface area (TPSA) is 51.2 Å². The molecule has 0 amide bonds. The molecule has 0 aliphatic rings. The molecule has 0 aromatic carbocycles. The summed E-state index contributed by atoms with van der Waals surface area (Å²) in [4.78, 5) is 0. The van der Waals surface area contributed by atoms with E-state index in [0.29, 0.717) is 6.42 Å². The van der Waals surface area contributed by atoms with Crippen LogP contribution in [0, 0.1) is 12.3 Å². The zero-order valence-corrected chi connectivity index (χ0v) is 6.08. The van der Waals surface area contributed by atoms with Crippen LogP contribution in [0.5, 0.6) is 0 Å². The Morgan fingerprint density at radius 3 is 3.09 bits per heavy atom. The highest BCUT2D eigenvalue weighted by atomic mass is 16.3. The molecule has 0 saturated heterocycles. The molecular formula is C8H10N2O. The fraction of sp³-hybridized carbons (Fsp3) is 0.250. The number of terminal acetylenes is 1. The van der Waals surface area contributed by atoms with Crippen molar-refractivity contribution in [3.63, 3.8) is 0 Å². The maximum atomic E-state index is 5.26. The summed E-state index contributed by atoms with van der Waals surface area (Å²) in [6.45, 7) is 0. The van der Waals surface area contributed by atoms with Crippen LogP contribution in [0.2, 0.25) is 0 Å². The molecule has 0 aliphatic heterocycles. The third-order valence-corrected chi connectivity index (χ3v) is 1.47. The molecule has 0 fully saturated rings. The zero-order valence-electron chi connectivity index (χ0n) is 6.08. The molecule has 1 aromatic rings. The van der Waals surface area contributed by atoms with Gasteiger partial charge in [-0.1, -0.05) is 0 Å². The van der Waals surface area contributed by atoms with Gasteiger partial charge in [0, 0.05) is 12.0 Å². The second-order valence-electron chi connectivity index (χ2n) is 2.18. The van der Waals surface area contributed by atoms with Gasteiger partial charge < -0.3 is 4.42 Å². The van der Waals surface area contributed by atoms with Gasteiger partial charge >= 0.3 is 0 Å². The minimum absolute atomic E-state index is 0.00116. The Balaban J connectivity index is 2.65. The molecule has 0 radical (unpaired) electrons. The summed E-state index contributed by atoms with van der Waals surface area (Å²) in [6.07, 6.45) is 8.92. The number of nitrogens with two attached hydrogens (primary N) is 1. The molecule has 1 aromatic heterocycles. The first-order valence-corrected chi connectivity index (χ1v) is 3.30. The number of furan rings is 1. The van der Waals surface area contributed by atoms with Crippen LogP contribution in [-0.2, 0) is 0 Å². The van der Waals surface area contributed by atoms with Gasteiger partial charge in [0.1, 0.15) is 0 Å². The van der Waals surface area contributed by atoms with Crippen LogP contribution >= 0.6 is 0 Å². The smallest absolute Gasteiger partial charge is 0.0951 e. The molecule has 0 spiro atoms. The standard InChI is InChI=1S/C8H10N2O/c1-2-3-8(10-9)7-4-5-11-6-7/h1,4-6,8,10H,3,9H2. The highest BCUT2D eigenvalue weighted by Gasteiger charge is 2.07. The van der Waals surface area contributed by atoms with Crippen molar-refractivity contribution in [2.45, 2.75) is 12.5 Å². The van der Waals surface area contributed by atoms with E-state index in [1.165, 1.54) is 0 Å². The first kappa shape index (κ1) is 7.86. The molecule has 1 unspecified atom stereocenters. The van der Waals surface area contributed by atoms with Crippen molar-refractivity contribution < 1.29 is 4.42 Å². The van der Waals surface area contributed by atoms with Gasteiger partial charge in [-0.2, -0.15) is 0 Å². The molecule has 0 aliphatic carbocycles. The van der Waals surface area contributed by atoms with Crippen molar-refractivity contribution >= 4 is 0 Å². The first-order valence-electron chi connectivity index (χ1n) is 3.30. The van der Waals surface area contributed by atoms with Crippen molar-refractivity contribution in [3.05, 3.63) is 24.2 Å². The highest BCUT2D eigenvalue weighted by Crippen LogP contribution is 2.14. The van der Waals surface area contributed by atoms with E-state index in [9.17, 15) is 0 Å². The van der Waals surface area contributed by atoms with E-state index in [2.05, 4.69) is 11.3 Å². The zero-order chi connectivity index (χ0) is 8.10. The van der Waals surface area contributed by atoms with Crippen molar-refractivity contribution in [2.75, 3.05) is 0 Å². The Morgan fingerprint density at radius 2 is 2.64 bits per heavy atom. The van der Waals surface area contributed by atoms with Crippen LogP contribution in [0.15, 0.2) is 23.0 Å². The number of hydrogen-bond acceptors (Lipinski definition) is 3. The van der Waals surface area contributed by atoms with Crippen LogP contribution in [0.25, 0.3) is 0 Å². The Kier molecular flexibility index (Phi) is 2.73. The largest absolute Gasteiger partial charge is 0.472 e. The average molecular weight is 150 g/mol. The maximum Gasteiger partial charge on any atom is 0.0951 e. The molecule has 58 valence electrons. The third-order valence-electron chi connectivity index (χ3n) is 1.47. The second kappa shape index (κ2) is 3.81. The minimum atomic E-state index is -0.00116. The van der Waals surface area contributed by atoms with Gasteiger partial charge in [-0.05, 0) is 6.07 Å². The van der Waals surface area contributed by atoms with Crippen LogP contribution in [-0.4, -0.2) is 0 Å². The summed E-state index contributed by atoms with van der Waals surface area (Å²) in [5.74, 6) is 7.79. The van der Waals surface area contributed by atoms with Gasteiger partial charge in [0.2, 0.25) is 0 Å². The Morgan fingerprint density at radius 1 is 1.82 bits per heavy atom. The Bertz CT molecular complexity index is 235. The highest BCUT2D eigenvalue weighted by molar-refractivity contribution is 5.13. The van der Waals surface area contributed by atoms with Crippen LogP contribution < -0.4 is 11.3 Å². The van der Waals surface area contributed by atoms with Crippen molar-refractivity contribution in [3.8, 4) is 12.3 Å². The fourth-order valence-corrected chi connectivity index (χ4v) is 0.864. The van der Waals surface area contributed by atoms with E-state index in [1.54, 1.807) is 12.5 Å². The Labute approximate surface area is 65.5 Å². The van der Waals surface area contributed by atoms with E-state index >= 15 is 0 Å². The normalized spacial score (nSPS) is 12.4. The van der Waals surface area contributed by atoms with E-state index in [-0.39, 0.29) is 6.04 Å². The minimum Gasteiger partial charge on any atom is -0.472 e. The van der Waals surface area contributed by atoms with Gasteiger partial charge in [0.25, 0.3) is 0 Å². The van der Waals surface area contributed by atoms with Crippen molar-refractivity contribution in [1.82, 2.24) is 5.43 Å². The summed E-state index contributed by atoms with van der Waals surface area (Å²) in [5, 5.41) is 0. The lowest BCUT2D eigenvalue weighted by atomic mass is 10.1. The molecule has 3 N–H and O–H groups in total. The van der Waals surface area contributed by atoms with E-state index in [1.807, 2.05) is 6.07 Å². The lowest BCUT2D eigenvalue weighted by molar-refractivity contribution is 0.534. The average Bonchev–Trinajstić information content (AvgIpc) is 2.52. The molecular weight excluding hydrogens is 140 g/mol. The number of nitrogens with one attached hydrogen (secondary N) is 1. The number of hydrazine groups is 1. The van der Waals surface area contributed by atoms with Crippen LogP contribution in [0.4, 0.5) is 0 Å². The summed E-state index contributed by atoms with van der Waals surface area (Å²) in [7, 11) is 0. The fourth-order valence-electron chi connectivity index (χ4n) is 0.864.